The predicted molar refractivity (Wildman–Crippen MR) is 117 cm³/mol. The zero-order valence-electron chi connectivity index (χ0n) is 17.2. The highest BCUT2D eigenvalue weighted by Gasteiger charge is 2.17. The number of carbonyl (C=O) groups is 1. The van der Waals surface area contributed by atoms with Crippen LogP contribution in [0.25, 0.3) is 16.5 Å². The molecule has 4 rings (SSSR count). The average Bonchev–Trinajstić information content (AvgIpc) is 3.32. The summed E-state index contributed by atoms with van der Waals surface area (Å²) in [5.41, 5.74) is 1.56. The van der Waals surface area contributed by atoms with Crippen molar-refractivity contribution in [3.05, 3.63) is 82.8 Å². The van der Waals surface area contributed by atoms with Crippen LogP contribution in [0.1, 0.15) is 16.1 Å². The predicted octanol–water partition coefficient (Wildman–Crippen LogP) is 2.70. The standard InChI is InChI=1S/C23H22N4O4/c1-30-16-7-8-21(31-2)20(11-16)27-13-19(17-5-3-4-6-18(17)23(27)29)22(28)25-10-9-15-12-24-14-26-15/h3-8,11-14H,9-10H2,1-2H3,(H,24,26)(H,25,28). The summed E-state index contributed by atoms with van der Waals surface area (Å²) < 4.78 is 12.2. The summed E-state index contributed by atoms with van der Waals surface area (Å²) in [4.78, 5) is 33.3. The van der Waals surface area contributed by atoms with Crippen molar-refractivity contribution in [2.24, 2.45) is 0 Å². The Labute approximate surface area is 178 Å². The zero-order valence-corrected chi connectivity index (χ0v) is 17.2. The highest BCUT2D eigenvalue weighted by atomic mass is 16.5. The number of rotatable bonds is 7. The number of benzene rings is 2. The maximum absolute atomic E-state index is 13.3. The normalized spacial score (nSPS) is 10.8. The lowest BCUT2D eigenvalue weighted by Crippen LogP contribution is -2.28. The number of carbonyl (C=O) groups excluding carboxylic acids is 1. The van der Waals surface area contributed by atoms with Gasteiger partial charge in [0.05, 0.1) is 31.8 Å². The quantitative estimate of drug-likeness (QED) is 0.481. The maximum Gasteiger partial charge on any atom is 0.263 e. The summed E-state index contributed by atoms with van der Waals surface area (Å²) >= 11 is 0. The van der Waals surface area contributed by atoms with E-state index in [2.05, 4.69) is 15.3 Å². The molecule has 8 nitrogen and oxygen atoms in total. The molecule has 0 fully saturated rings. The largest absolute Gasteiger partial charge is 0.497 e. The molecule has 8 heteroatoms. The van der Waals surface area contributed by atoms with E-state index in [9.17, 15) is 9.59 Å². The summed E-state index contributed by atoms with van der Waals surface area (Å²) in [5.74, 6) is 0.788. The molecule has 4 aromatic rings. The number of nitrogens with zero attached hydrogens (tertiary/aromatic N) is 2. The number of pyridine rings is 1. The Hall–Kier alpha value is -4.07. The third kappa shape index (κ3) is 4.00. The molecule has 0 radical (unpaired) electrons. The SMILES string of the molecule is COc1ccc(OC)c(-n2cc(C(=O)NCCc3cnc[nH]3)c3ccccc3c2=O)c1. The summed E-state index contributed by atoms with van der Waals surface area (Å²) in [6.07, 6.45) is 5.49. The van der Waals surface area contributed by atoms with E-state index >= 15 is 0 Å². The molecule has 0 saturated heterocycles. The third-order valence-electron chi connectivity index (χ3n) is 5.05. The lowest BCUT2D eigenvalue weighted by Gasteiger charge is -2.15. The van der Waals surface area contributed by atoms with Crippen LogP contribution in [0, 0.1) is 0 Å². The number of hydrogen-bond acceptors (Lipinski definition) is 5. The van der Waals surface area contributed by atoms with Crippen molar-refractivity contribution in [3.8, 4) is 17.2 Å². The number of aromatic nitrogens is 3. The lowest BCUT2D eigenvalue weighted by molar-refractivity contribution is 0.0955. The van der Waals surface area contributed by atoms with E-state index in [-0.39, 0.29) is 11.5 Å². The molecule has 2 aromatic carbocycles. The summed E-state index contributed by atoms with van der Waals surface area (Å²) in [7, 11) is 3.08. The Morgan fingerprint density at radius 1 is 1.13 bits per heavy atom. The number of fused-ring (bicyclic) bond motifs is 1. The minimum Gasteiger partial charge on any atom is -0.497 e. The van der Waals surface area contributed by atoms with Gasteiger partial charge in [0.1, 0.15) is 11.5 Å². The van der Waals surface area contributed by atoms with Crippen molar-refractivity contribution >= 4 is 16.7 Å². The van der Waals surface area contributed by atoms with Crippen LogP contribution in [-0.4, -0.2) is 41.2 Å². The maximum atomic E-state index is 13.3. The Morgan fingerprint density at radius 3 is 2.65 bits per heavy atom. The average molecular weight is 418 g/mol. The van der Waals surface area contributed by atoms with Crippen LogP contribution in [-0.2, 0) is 6.42 Å². The Morgan fingerprint density at radius 2 is 1.94 bits per heavy atom. The van der Waals surface area contributed by atoms with Crippen molar-refractivity contribution in [2.45, 2.75) is 6.42 Å². The molecule has 2 aromatic heterocycles. The first-order valence-electron chi connectivity index (χ1n) is 9.74. The van der Waals surface area contributed by atoms with Gasteiger partial charge in [-0.3, -0.25) is 14.2 Å². The number of nitrogens with one attached hydrogen (secondary N) is 2. The van der Waals surface area contributed by atoms with Gasteiger partial charge in [0.2, 0.25) is 0 Å². The number of amides is 1. The number of aromatic amines is 1. The molecule has 0 bridgehead atoms. The molecule has 158 valence electrons. The van der Waals surface area contributed by atoms with Crippen LogP contribution in [0.15, 0.2) is 66.0 Å². The minimum absolute atomic E-state index is 0.254. The monoisotopic (exact) mass is 418 g/mol. The fourth-order valence-electron chi connectivity index (χ4n) is 3.46. The van der Waals surface area contributed by atoms with E-state index in [0.29, 0.717) is 46.5 Å². The molecule has 0 aliphatic rings. The summed E-state index contributed by atoms with van der Waals surface area (Å²) in [6.45, 7) is 0.428. The second kappa shape index (κ2) is 8.74. The molecule has 0 spiro atoms. The molecule has 0 atom stereocenters. The molecule has 0 unspecified atom stereocenters. The number of imidazole rings is 1. The van der Waals surface area contributed by atoms with E-state index in [1.54, 1.807) is 68.3 Å². The van der Waals surface area contributed by atoms with Gasteiger partial charge in [0.25, 0.3) is 11.5 Å². The van der Waals surface area contributed by atoms with Gasteiger partial charge in [-0.15, -0.1) is 0 Å². The van der Waals surface area contributed by atoms with Crippen molar-refractivity contribution in [2.75, 3.05) is 20.8 Å². The van der Waals surface area contributed by atoms with Crippen LogP contribution in [0.4, 0.5) is 0 Å². The highest BCUT2D eigenvalue weighted by Crippen LogP contribution is 2.28. The summed E-state index contributed by atoms with van der Waals surface area (Å²) in [5, 5.41) is 3.95. The van der Waals surface area contributed by atoms with Crippen LogP contribution in [0.2, 0.25) is 0 Å². The molecule has 1 amide bonds. The van der Waals surface area contributed by atoms with Gasteiger partial charge in [-0.25, -0.2) is 4.98 Å². The molecular weight excluding hydrogens is 396 g/mol. The molecule has 2 N–H and O–H groups in total. The molecular formula is C23H22N4O4. The van der Waals surface area contributed by atoms with Crippen LogP contribution < -0.4 is 20.3 Å². The second-order valence-electron chi connectivity index (χ2n) is 6.88. The van der Waals surface area contributed by atoms with Crippen molar-refractivity contribution in [3.63, 3.8) is 0 Å². The van der Waals surface area contributed by atoms with Gasteiger partial charge in [-0.1, -0.05) is 18.2 Å². The lowest BCUT2D eigenvalue weighted by atomic mass is 10.1. The van der Waals surface area contributed by atoms with Crippen LogP contribution in [0.3, 0.4) is 0 Å². The van der Waals surface area contributed by atoms with Gasteiger partial charge in [0, 0.05) is 47.9 Å². The van der Waals surface area contributed by atoms with Gasteiger partial charge in [-0.05, 0) is 18.2 Å². The smallest absolute Gasteiger partial charge is 0.263 e. The van der Waals surface area contributed by atoms with Crippen molar-refractivity contribution < 1.29 is 14.3 Å². The Kier molecular flexibility index (Phi) is 5.70. The first-order valence-corrected chi connectivity index (χ1v) is 9.74. The van der Waals surface area contributed by atoms with E-state index in [1.165, 1.54) is 11.7 Å². The molecule has 0 aliphatic carbocycles. The molecule has 0 aliphatic heterocycles. The molecule has 31 heavy (non-hydrogen) atoms. The van der Waals surface area contributed by atoms with Crippen molar-refractivity contribution in [1.29, 1.82) is 0 Å². The number of H-pyrrole nitrogens is 1. The fourth-order valence-corrected chi connectivity index (χ4v) is 3.46. The molecule has 0 saturated carbocycles. The van der Waals surface area contributed by atoms with Gasteiger partial charge < -0.3 is 19.8 Å². The van der Waals surface area contributed by atoms with Crippen LogP contribution >= 0.6 is 0 Å². The first kappa shape index (κ1) is 20.2. The van der Waals surface area contributed by atoms with Gasteiger partial charge in [0.15, 0.2) is 0 Å². The minimum atomic E-state index is -0.272. The zero-order chi connectivity index (χ0) is 21.8. The number of ether oxygens (including phenoxy) is 2. The van der Waals surface area contributed by atoms with E-state index in [0.717, 1.165) is 5.69 Å². The van der Waals surface area contributed by atoms with Crippen molar-refractivity contribution in [1.82, 2.24) is 19.9 Å². The Balaban J connectivity index is 1.79. The molecule has 2 heterocycles. The number of methoxy groups -OCH3 is 2. The number of hydrogen-bond donors (Lipinski definition) is 2. The second-order valence-corrected chi connectivity index (χ2v) is 6.88. The Bertz CT molecular complexity index is 1280. The first-order chi connectivity index (χ1) is 15.1. The summed E-state index contributed by atoms with van der Waals surface area (Å²) in [6, 6.07) is 12.2. The van der Waals surface area contributed by atoms with E-state index in [4.69, 9.17) is 9.47 Å². The fraction of sp³-hybridized carbons (Fsp3) is 0.174. The van der Waals surface area contributed by atoms with E-state index in [1.807, 2.05) is 0 Å². The van der Waals surface area contributed by atoms with Gasteiger partial charge in [-0.2, -0.15) is 0 Å². The van der Waals surface area contributed by atoms with E-state index < -0.39 is 0 Å². The highest BCUT2D eigenvalue weighted by molar-refractivity contribution is 6.06. The van der Waals surface area contributed by atoms with Crippen LogP contribution in [0.5, 0.6) is 11.5 Å². The van der Waals surface area contributed by atoms with Gasteiger partial charge >= 0.3 is 0 Å². The third-order valence-corrected chi connectivity index (χ3v) is 5.05. The topological polar surface area (TPSA) is 98.2 Å².